The van der Waals surface area contributed by atoms with E-state index in [0.29, 0.717) is 24.1 Å². The Morgan fingerprint density at radius 2 is 2.12 bits per heavy atom. The van der Waals surface area contributed by atoms with Gasteiger partial charge in [-0.25, -0.2) is 4.79 Å². The molecule has 1 heterocycles. The molecule has 0 aliphatic heterocycles. The van der Waals surface area contributed by atoms with Gasteiger partial charge in [0.05, 0.1) is 25.5 Å². The van der Waals surface area contributed by atoms with E-state index in [1.54, 1.807) is 10.7 Å². The lowest BCUT2D eigenvalue weighted by molar-refractivity contribution is 0.144. The Labute approximate surface area is 146 Å². The Bertz CT molecular complexity index is 683. The van der Waals surface area contributed by atoms with E-state index < -0.39 is 6.16 Å². The van der Waals surface area contributed by atoms with Gasteiger partial charge in [-0.2, -0.15) is 5.10 Å². The first-order valence-electron chi connectivity index (χ1n) is 7.86. The van der Waals surface area contributed by atoms with Crippen LogP contribution in [0.3, 0.4) is 0 Å². The first kappa shape index (κ1) is 18.1. The molecule has 2 rings (SSSR count). The molecular formula is C17H21ClN2O4. The Morgan fingerprint density at radius 1 is 1.38 bits per heavy atom. The molecule has 0 radical (unpaired) electrons. The van der Waals surface area contributed by atoms with Crippen LogP contribution in [-0.4, -0.2) is 27.6 Å². The van der Waals surface area contributed by atoms with Crippen LogP contribution < -0.4 is 9.47 Å². The number of hydrogen-bond acceptors (Lipinski definition) is 4. The zero-order valence-corrected chi connectivity index (χ0v) is 14.5. The van der Waals surface area contributed by atoms with Gasteiger partial charge in [-0.1, -0.05) is 38.3 Å². The second-order valence-electron chi connectivity index (χ2n) is 5.49. The highest BCUT2D eigenvalue weighted by atomic mass is 35.5. The predicted molar refractivity (Wildman–Crippen MR) is 91.0 cm³/mol. The van der Waals surface area contributed by atoms with E-state index in [-0.39, 0.29) is 5.75 Å². The van der Waals surface area contributed by atoms with Crippen LogP contribution in [0.2, 0.25) is 5.02 Å². The van der Waals surface area contributed by atoms with Crippen LogP contribution in [0.15, 0.2) is 30.6 Å². The molecule has 0 aliphatic carbocycles. The van der Waals surface area contributed by atoms with Crippen molar-refractivity contribution < 1.29 is 19.4 Å². The number of halogens is 1. The van der Waals surface area contributed by atoms with E-state index in [1.807, 2.05) is 12.1 Å². The van der Waals surface area contributed by atoms with Crippen molar-refractivity contribution in [2.75, 3.05) is 6.61 Å². The maximum atomic E-state index is 10.5. The van der Waals surface area contributed by atoms with Crippen molar-refractivity contribution in [3.8, 4) is 11.5 Å². The van der Waals surface area contributed by atoms with Crippen LogP contribution in [0.4, 0.5) is 4.79 Å². The molecule has 1 aromatic heterocycles. The first-order chi connectivity index (χ1) is 11.5. The molecule has 0 bridgehead atoms. The lowest BCUT2D eigenvalue weighted by atomic mass is 10.1. The average Bonchev–Trinajstić information content (AvgIpc) is 2.96. The molecule has 0 unspecified atom stereocenters. The number of carboxylic acid groups (broad SMARTS) is 1. The van der Waals surface area contributed by atoms with Crippen LogP contribution in [0.1, 0.15) is 32.3 Å². The maximum absolute atomic E-state index is 10.5. The lowest BCUT2D eigenvalue weighted by Crippen LogP contribution is -2.12. The van der Waals surface area contributed by atoms with E-state index in [1.165, 1.54) is 12.4 Å². The third-order valence-corrected chi connectivity index (χ3v) is 4.03. The summed E-state index contributed by atoms with van der Waals surface area (Å²) < 4.78 is 12.1. The average molecular weight is 353 g/mol. The van der Waals surface area contributed by atoms with Gasteiger partial charge in [0.1, 0.15) is 5.75 Å². The minimum Gasteiger partial charge on any atom is -0.493 e. The largest absolute Gasteiger partial charge is 0.511 e. The summed E-state index contributed by atoms with van der Waals surface area (Å²) in [6.07, 6.45) is 3.62. The topological polar surface area (TPSA) is 73.6 Å². The van der Waals surface area contributed by atoms with Crippen molar-refractivity contribution in [3.05, 3.63) is 41.2 Å². The third kappa shape index (κ3) is 5.16. The molecule has 2 aromatic rings. The van der Waals surface area contributed by atoms with E-state index in [9.17, 15) is 4.79 Å². The Hall–Kier alpha value is -2.21. The number of ether oxygens (including phenoxy) is 2. The molecule has 0 saturated carbocycles. The number of nitrogens with zero attached hydrogens (tertiary/aromatic N) is 2. The molecule has 6 nitrogen and oxygen atoms in total. The molecule has 7 heteroatoms. The molecule has 130 valence electrons. The predicted octanol–water partition coefficient (Wildman–Crippen LogP) is 4.46. The maximum Gasteiger partial charge on any atom is 0.511 e. The Balaban J connectivity index is 2.12. The van der Waals surface area contributed by atoms with Gasteiger partial charge in [0, 0.05) is 10.6 Å². The van der Waals surface area contributed by atoms with Crippen molar-refractivity contribution in [1.82, 2.24) is 9.78 Å². The van der Waals surface area contributed by atoms with Gasteiger partial charge in [-0.3, -0.25) is 4.68 Å². The standard InChI is InChI=1S/C17H21ClN2O4/c1-3-12(4-2)11-23-16-6-5-14(18)7-13(16)9-20-10-15(8-19-20)24-17(21)22/h5-8,10,12H,3-4,9,11H2,1-2H3,(H,21,22). The van der Waals surface area contributed by atoms with Crippen molar-refractivity contribution >= 4 is 17.8 Å². The second-order valence-corrected chi connectivity index (χ2v) is 5.92. The number of aromatic nitrogens is 2. The van der Waals surface area contributed by atoms with Crippen molar-refractivity contribution in [1.29, 1.82) is 0 Å². The summed E-state index contributed by atoms with van der Waals surface area (Å²) in [6.45, 7) is 5.35. The summed E-state index contributed by atoms with van der Waals surface area (Å²) in [6, 6.07) is 5.46. The number of benzene rings is 1. The summed E-state index contributed by atoms with van der Waals surface area (Å²) in [5, 5.41) is 13.3. The van der Waals surface area contributed by atoms with E-state index in [4.69, 9.17) is 21.4 Å². The van der Waals surface area contributed by atoms with Crippen LogP contribution in [0.5, 0.6) is 11.5 Å². The van der Waals surface area contributed by atoms with Crippen LogP contribution in [0, 0.1) is 5.92 Å². The molecule has 1 N–H and O–H groups in total. The highest BCUT2D eigenvalue weighted by molar-refractivity contribution is 6.30. The van der Waals surface area contributed by atoms with Crippen molar-refractivity contribution in [2.45, 2.75) is 33.2 Å². The second kappa shape index (κ2) is 8.59. The highest BCUT2D eigenvalue weighted by Gasteiger charge is 2.11. The third-order valence-electron chi connectivity index (χ3n) is 3.80. The molecule has 24 heavy (non-hydrogen) atoms. The molecule has 0 amide bonds. The van der Waals surface area contributed by atoms with E-state index in [0.717, 1.165) is 24.2 Å². The fraction of sp³-hybridized carbons (Fsp3) is 0.412. The van der Waals surface area contributed by atoms with Gasteiger partial charge < -0.3 is 14.6 Å². The number of rotatable bonds is 8. The summed E-state index contributed by atoms with van der Waals surface area (Å²) in [5.41, 5.74) is 0.874. The Kier molecular flexibility index (Phi) is 6.49. The minimum absolute atomic E-state index is 0.170. The van der Waals surface area contributed by atoms with Crippen molar-refractivity contribution in [2.24, 2.45) is 5.92 Å². The molecule has 0 spiro atoms. The fourth-order valence-corrected chi connectivity index (χ4v) is 2.50. The lowest BCUT2D eigenvalue weighted by Gasteiger charge is -2.16. The van der Waals surface area contributed by atoms with Gasteiger partial charge in [0.25, 0.3) is 0 Å². The molecule has 1 aromatic carbocycles. The van der Waals surface area contributed by atoms with E-state index in [2.05, 4.69) is 23.7 Å². The SMILES string of the molecule is CCC(CC)COc1ccc(Cl)cc1Cn1cc(OC(=O)O)cn1. The van der Waals surface area contributed by atoms with E-state index >= 15 is 0 Å². The first-order valence-corrected chi connectivity index (χ1v) is 8.24. The van der Waals surface area contributed by atoms with Gasteiger partial charge in [0.2, 0.25) is 0 Å². The monoisotopic (exact) mass is 352 g/mol. The zero-order chi connectivity index (χ0) is 17.5. The van der Waals surface area contributed by atoms with Gasteiger partial charge in [-0.05, 0) is 24.1 Å². The fourth-order valence-electron chi connectivity index (χ4n) is 2.30. The smallest absolute Gasteiger partial charge is 0.493 e. The van der Waals surface area contributed by atoms with Crippen LogP contribution in [-0.2, 0) is 6.54 Å². The summed E-state index contributed by atoms with van der Waals surface area (Å²) in [7, 11) is 0. The molecule has 0 saturated heterocycles. The Morgan fingerprint density at radius 3 is 2.79 bits per heavy atom. The summed E-state index contributed by atoms with van der Waals surface area (Å²) in [5.74, 6) is 1.43. The summed E-state index contributed by atoms with van der Waals surface area (Å²) >= 11 is 6.09. The van der Waals surface area contributed by atoms with Gasteiger partial charge >= 0.3 is 6.16 Å². The van der Waals surface area contributed by atoms with Crippen molar-refractivity contribution in [3.63, 3.8) is 0 Å². The van der Waals surface area contributed by atoms with Crippen LogP contribution in [0.25, 0.3) is 0 Å². The summed E-state index contributed by atoms with van der Waals surface area (Å²) in [4.78, 5) is 10.5. The van der Waals surface area contributed by atoms with Crippen LogP contribution >= 0.6 is 11.6 Å². The quantitative estimate of drug-likeness (QED) is 0.710. The number of carbonyl (C=O) groups is 1. The highest BCUT2D eigenvalue weighted by Crippen LogP contribution is 2.25. The minimum atomic E-state index is -1.37. The molecule has 0 atom stereocenters. The molecule has 0 fully saturated rings. The zero-order valence-electron chi connectivity index (χ0n) is 13.7. The molecular weight excluding hydrogens is 332 g/mol. The molecule has 0 aliphatic rings. The normalized spacial score (nSPS) is 10.8. The number of hydrogen-bond donors (Lipinski definition) is 1. The van der Waals surface area contributed by atoms with Gasteiger partial charge in [0.15, 0.2) is 5.75 Å². The van der Waals surface area contributed by atoms with Gasteiger partial charge in [-0.15, -0.1) is 0 Å².